The number of aromatic nitrogens is 1. The minimum absolute atomic E-state index is 0.822. The van der Waals surface area contributed by atoms with Gasteiger partial charge in [0.1, 0.15) is 0 Å². The number of rotatable bonds is 4. The molecule has 18 heavy (non-hydrogen) atoms. The van der Waals surface area contributed by atoms with Crippen LogP contribution in [0.2, 0.25) is 0 Å². The average molecular weight is 242 g/mol. The molecule has 1 aromatic heterocycles. The molecule has 0 aliphatic heterocycles. The third-order valence-corrected chi connectivity index (χ3v) is 2.97. The van der Waals surface area contributed by atoms with Gasteiger partial charge in [-0.25, -0.2) is 0 Å². The standard InChI is InChI=1S/C15H16NO2/c1-5-12-11(3)13-9-7-8-10-15(13)16(18-17-4)14(12)6-2/h5-10H,1-2H2,3-4H3/q+1. The van der Waals surface area contributed by atoms with Crippen molar-refractivity contribution in [3.63, 3.8) is 0 Å². The van der Waals surface area contributed by atoms with Crippen LogP contribution in [-0.4, -0.2) is 7.11 Å². The SMILES string of the molecule is C=Cc1c(C)c2ccccc2[n+](OOC)c1C=C. The number of fused-ring (bicyclic) bond motifs is 1. The zero-order valence-electron chi connectivity index (χ0n) is 10.6. The van der Waals surface area contributed by atoms with Gasteiger partial charge in [-0.3, -0.25) is 0 Å². The molecule has 3 heteroatoms. The summed E-state index contributed by atoms with van der Waals surface area (Å²) in [5.74, 6) is 0. The van der Waals surface area contributed by atoms with Crippen LogP contribution in [0.4, 0.5) is 0 Å². The maximum absolute atomic E-state index is 5.24. The van der Waals surface area contributed by atoms with Crippen molar-refractivity contribution >= 4 is 23.1 Å². The molecule has 1 heterocycles. The van der Waals surface area contributed by atoms with E-state index in [-0.39, 0.29) is 0 Å². The molecular formula is C15H16NO2+. The maximum atomic E-state index is 5.24. The predicted molar refractivity (Wildman–Crippen MR) is 72.7 cm³/mol. The van der Waals surface area contributed by atoms with E-state index in [9.17, 15) is 0 Å². The van der Waals surface area contributed by atoms with Gasteiger partial charge in [-0.2, -0.15) is 0 Å². The van der Waals surface area contributed by atoms with E-state index in [1.165, 1.54) is 7.11 Å². The van der Waals surface area contributed by atoms with E-state index in [0.717, 1.165) is 27.7 Å². The van der Waals surface area contributed by atoms with Crippen molar-refractivity contribution in [2.45, 2.75) is 6.92 Å². The maximum Gasteiger partial charge on any atom is 0.269 e. The Kier molecular flexibility index (Phi) is 3.44. The Labute approximate surface area is 106 Å². The fraction of sp³-hybridized carbons (Fsp3) is 0.133. The topological polar surface area (TPSA) is 22.3 Å². The molecule has 0 spiro atoms. The molecule has 2 aromatic rings. The lowest BCUT2D eigenvalue weighted by atomic mass is 10.0. The van der Waals surface area contributed by atoms with E-state index in [1.54, 1.807) is 16.9 Å². The molecule has 0 unspecified atom stereocenters. The lowest BCUT2D eigenvalue weighted by molar-refractivity contribution is -0.940. The van der Waals surface area contributed by atoms with Crippen LogP contribution in [0, 0.1) is 6.92 Å². The fourth-order valence-corrected chi connectivity index (χ4v) is 2.15. The Bertz CT molecular complexity index is 617. The number of aryl methyl sites for hydroxylation is 1. The molecule has 0 saturated heterocycles. The lowest BCUT2D eigenvalue weighted by Gasteiger charge is -2.07. The van der Waals surface area contributed by atoms with Crippen LogP contribution >= 0.6 is 0 Å². The van der Waals surface area contributed by atoms with Crippen LogP contribution in [0.5, 0.6) is 0 Å². The highest BCUT2D eigenvalue weighted by atomic mass is 17.3. The molecule has 0 atom stereocenters. The molecular weight excluding hydrogens is 226 g/mol. The molecule has 92 valence electrons. The highest BCUT2D eigenvalue weighted by Crippen LogP contribution is 2.22. The Balaban J connectivity index is 2.95. The van der Waals surface area contributed by atoms with Gasteiger partial charge in [0.05, 0.1) is 22.8 Å². The van der Waals surface area contributed by atoms with Crippen molar-refractivity contribution < 1.29 is 14.6 Å². The van der Waals surface area contributed by atoms with Crippen molar-refractivity contribution in [1.82, 2.24) is 0 Å². The van der Waals surface area contributed by atoms with E-state index in [2.05, 4.69) is 20.1 Å². The third kappa shape index (κ3) is 1.79. The zero-order valence-corrected chi connectivity index (χ0v) is 10.6. The summed E-state index contributed by atoms with van der Waals surface area (Å²) in [6.07, 6.45) is 3.53. The second kappa shape index (κ2) is 5.02. The summed E-state index contributed by atoms with van der Waals surface area (Å²) in [5.41, 5.74) is 3.88. The third-order valence-electron chi connectivity index (χ3n) is 2.97. The Morgan fingerprint density at radius 1 is 1.17 bits per heavy atom. The average Bonchev–Trinajstić information content (AvgIpc) is 2.41. The van der Waals surface area contributed by atoms with E-state index in [1.807, 2.05) is 24.3 Å². The molecule has 0 saturated carbocycles. The summed E-state index contributed by atoms with van der Waals surface area (Å²) >= 11 is 0. The molecule has 0 aliphatic rings. The quantitative estimate of drug-likeness (QED) is 0.467. The van der Waals surface area contributed by atoms with Gasteiger partial charge >= 0.3 is 0 Å². The minimum Gasteiger partial charge on any atom is -0.131 e. The van der Waals surface area contributed by atoms with Crippen LogP contribution in [0.15, 0.2) is 37.4 Å². The Morgan fingerprint density at radius 2 is 1.89 bits per heavy atom. The Hall–Kier alpha value is -2.13. The first-order valence-electron chi connectivity index (χ1n) is 5.68. The van der Waals surface area contributed by atoms with Gasteiger partial charge in [0.15, 0.2) is 0 Å². The zero-order chi connectivity index (χ0) is 13.1. The van der Waals surface area contributed by atoms with Gasteiger partial charge in [-0.05, 0) is 18.6 Å². The Morgan fingerprint density at radius 3 is 2.50 bits per heavy atom. The van der Waals surface area contributed by atoms with Crippen molar-refractivity contribution in [3.8, 4) is 0 Å². The first kappa shape index (κ1) is 12.3. The van der Waals surface area contributed by atoms with Gasteiger partial charge in [0.2, 0.25) is 0 Å². The van der Waals surface area contributed by atoms with Gasteiger partial charge in [0, 0.05) is 12.1 Å². The molecule has 0 radical (unpaired) electrons. The van der Waals surface area contributed by atoms with Crippen LogP contribution in [0.1, 0.15) is 16.8 Å². The monoisotopic (exact) mass is 242 g/mol. The summed E-state index contributed by atoms with van der Waals surface area (Å²) < 4.78 is 1.62. The molecule has 0 aliphatic carbocycles. The fourth-order valence-electron chi connectivity index (χ4n) is 2.15. The van der Waals surface area contributed by atoms with Gasteiger partial charge in [-0.1, -0.05) is 36.4 Å². The molecule has 0 N–H and O–H groups in total. The van der Waals surface area contributed by atoms with Crippen LogP contribution in [0.25, 0.3) is 23.1 Å². The second-order valence-electron chi connectivity index (χ2n) is 3.88. The molecule has 0 amide bonds. The van der Waals surface area contributed by atoms with Crippen molar-refractivity contribution in [2.24, 2.45) is 0 Å². The van der Waals surface area contributed by atoms with Gasteiger partial charge in [-0.15, -0.1) is 4.89 Å². The highest BCUT2D eigenvalue weighted by molar-refractivity contribution is 5.84. The summed E-state index contributed by atoms with van der Waals surface area (Å²) in [6, 6.07) is 7.96. The highest BCUT2D eigenvalue weighted by Gasteiger charge is 2.23. The largest absolute Gasteiger partial charge is 0.269 e. The normalized spacial score (nSPS) is 10.3. The number of benzene rings is 1. The van der Waals surface area contributed by atoms with Gasteiger partial charge in [0.25, 0.3) is 11.2 Å². The predicted octanol–water partition coefficient (Wildman–Crippen LogP) is 2.71. The second-order valence-corrected chi connectivity index (χ2v) is 3.88. The summed E-state index contributed by atoms with van der Waals surface area (Å²) in [5, 5.41) is 1.09. The first-order chi connectivity index (χ1) is 8.74. The number of nitrogens with zero attached hydrogens (tertiary/aromatic N) is 1. The molecule has 1 aromatic carbocycles. The summed E-state index contributed by atoms with van der Waals surface area (Å²) in [6.45, 7) is 9.74. The number of hydrogen-bond acceptors (Lipinski definition) is 2. The van der Waals surface area contributed by atoms with Crippen LogP contribution < -0.4 is 9.72 Å². The number of para-hydroxylation sites is 1. The van der Waals surface area contributed by atoms with Crippen molar-refractivity contribution in [2.75, 3.05) is 7.11 Å². The summed E-state index contributed by atoms with van der Waals surface area (Å²) in [7, 11) is 1.47. The molecule has 0 fully saturated rings. The van der Waals surface area contributed by atoms with E-state index in [0.29, 0.717) is 0 Å². The lowest BCUT2D eigenvalue weighted by Crippen LogP contribution is -2.46. The minimum atomic E-state index is 0.822. The van der Waals surface area contributed by atoms with Crippen LogP contribution in [-0.2, 0) is 4.89 Å². The van der Waals surface area contributed by atoms with Crippen molar-refractivity contribution in [3.05, 3.63) is 54.2 Å². The first-order valence-corrected chi connectivity index (χ1v) is 5.68. The molecule has 3 nitrogen and oxygen atoms in total. The van der Waals surface area contributed by atoms with Gasteiger partial charge < -0.3 is 0 Å². The number of pyridine rings is 1. The van der Waals surface area contributed by atoms with Crippen molar-refractivity contribution in [1.29, 1.82) is 0 Å². The molecule has 0 bridgehead atoms. The summed E-state index contributed by atoms with van der Waals surface area (Å²) in [4.78, 5) is 10.0. The van der Waals surface area contributed by atoms with E-state index in [4.69, 9.17) is 9.88 Å². The van der Waals surface area contributed by atoms with E-state index < -0.39 is 0 Å². The van der Waals surface area contributed by atoms with Crippen LogP contribution in [0.3, 0.4) is 0 Å². The molecule has 2 rings (SSSR count). The number of hydrogen-bond donors (Lipinski definition) is 0. The smallest absolute Gasteiger partial charge is 0.131 e. The van der Waals surface area contributed by atoms with E-state index >= 15 is 0 Å².